The largest absolute Gasteiger partial charge is 0.444 e. The lowest BCUT2D eigenvalue weighted by Crippen LogP contribution is -2.53. The number of aromatic nitrogens is 2. The molecule has 1 aromatic carbocycles. The Morgan fingerprint density at radius 2 is 2.00 bits per heavy atom. The highest BCUT2D eigenvalue weighted by molar-refractivity contribution is 9.10. The number of piperidine rings is 1. The summed E-state index contributed by atoms with van der Waals surface area (Å²) < 4.78 is 20.4. The number of nitrogens with zero attached hydrogens (tertiary/aromatic N) is 4. The number of hydrogen-bond acceptors (Lipinski definition) is 6. The van der Waals surface area contributed by atoms with Crippen molar-refractivity contribution >= 4 is 50.4 Å². The van der Waals surface area contributed by atoms with E-state index >= 15 is 0 Å². The third-order valence-electron chi connectivity index (χ3n) is 8.94. The first-order chi connectivity index (χ1) is 19.6. The first-order valence-corrected chi connectivity index (χ1v) is 16.1. The molecule has 41 heavy (non-hydrogen) atoms. The van der Waals surface area contributed by atoms with Gasteiger partial charge >= 0.3 is 6.09 Å². The number of amides is 2. The molecular formula is C30H40BrClN4O5. The van der Waals surface area contributed by atoms with E-state index in [4.69, 9.17) is 25.8 Å². The van der Waals surface area contributed by atoms with E-state index in [1.54, 1.807) is 4.90 Å². The van der Waals surface area contributed by atoms with E-state index in [-0.39, 0.29) is 36.8 Å². The van der Waals surface area contributed by atoms with Gasteiger partial charge in [0.2, 0.25) is 5.91 Å². The van der Waals surface area contributed by atoms with Gasteiger partial charge in [-0.2, -0.15) is 5.10 Å². The van der Waals surface area contributed by atoms with Crippen molar-refractivity contribution in [3.05, 3.63) is 27.3 Å². The highest BCUT2D eigenvalue weighted by Crippen LogP contribution is 2.53. The topological polar surface area (TPSA) is 86.1 Å². The van der Waals surface area contributed by atoms with Gasteiger partial charge in [0.05, 0.1) is 24.4 Å². The maximum Gasteiger partial charge on any atom is 0.410 e. The van der Waals surface area contributed by atoms with Crippen molar-refractivity contribution in [3.8, 4) is 0 Å². The number of hydrogen-bond donors (Lipinski definition) is 0. The van der Waals surface area contributed by atoms with E-state index in [0.29, 0.717) is 38.1 Å². The molecule has 4 fully saturated rings. The van der Waals surface area contributed by atoms with Gasteiger partial charge in [-0.15, -0.1) is 0 Å². The van der Waals surface area contributed by atoms with Crippen LogP contribution in [0.4, 0.5) is 4.79 Å². The lowest BCUT2D eigenvalue weighted by Gasteiger charge is -2.38. The molecule has 1 saturated carbocycles. The minimum atomic E-state index is -0.537. The molecular weight excluding hydrogens is 612 g/mol. The molecule has 1 aromatic heterocycles. The number of ether oxygens (including phenoxy) is 3. The Labute approximate surface area is 254 Å². The van der Waals surface area contributed by atoms with E-state index in [0.717, 1.165) is 71.1 Å². The van der Waals surface area contributed by atoms with Crippen LogP contribution >= 0.6 is 27.5 Å². The molecule has 2 amide bonds. The molecule has 5 atom stereocenters. The van der Waals surface area contributed by atoms with Crippen LogP contribution in [-0.4, -0.2) is 82.7 Å². The smallest absolute Gasteiger partial charge is 0.410 e. The molecule has 0 N–H and O–H groups in total. The molecule has 224 valence electrons. The Morgan fingerprint density at radius 1 is 1.20 bits per heavy atom. The molecule has 3 unspecified atom stereocenters. The van der Waals surface area contributed by atoms with E-state index in [1.165, 1.54) is 0 Å². The van der Waals surface area contributed by atoms with Crippen molar-refractivity contribution in [1.82, 2.24) is 19.6 Å². The maximum absolute atomic E-state index is 13.2. The van der Waals surface area contributed by atoms with Crippen molar-refractivity contribution in [1.29, 1.82) is 0 Å². The summed E-state index contributed by atoms with van der Waals surface area (Å²) in [4.78, 5) is 29.5. The van der Waals surface area contributed by atoms with E-state index in [9.17, 15) is 9.59 Å². The van der Waals surface area contributed by atoms with E-state index in [1.807, 2.05) is 42.6 Å². The Balaban J connectivity index is 1.03. The Bertz CT molecular complexity index is 1310. The first-order valence-electron chi connectivity index (χ1n) is 14.9. The van der Waals surface area contributed by atoms with Crippen molar-refractivity contribution in [2.45, 2.75) is 83.1 Å². The minimum absolute atomic E-state index is 0.00119. The molecule has 1 aliphatic carbocycles. The third kappa shape index (κ3) is 6.12. The highest BCUT2D eigenvalue weighted by Gasteiger charge is 2.44. The molecule has 4 aliphatic rings. The summed E-state index contributed by atoms with van der Waals surface area (Å²) >= 11 is 10.7. The molecule has 3 saturated heterocycles. The van der Waals surface area contributed by atoms with Crippen molar-refractivity contribution in [2.75, 3.05) is 39.5 Å². The average Bonchev–Trinajstić information content (AvgIpc) is 3.34. The third-order valence-corrected chi connectivity index (χ3v) is 10.1. The molecule has 0 radical (unpaired) electrons. The number of carbonyl (C=O) groups is 2. The average molecular weight is 652 g/mol. The second-order valence-corrected chi connectivity index (χ2v) is 14.2. The number of benzene rings is 1. The fourth-order valence-electron chi connectivity index (χ4n) is 6.73. The van der Waals surface area contributed by atoms with Gasteiger partial charge in [-0.3, -0.25) is 4.79 Å². The van der Waals surface area contributed by atoms with Gasteiger partial charge < -0.3 is 24.0 Å². The molecule has 9 nitrogen and oxygen atoms in total. The van der Waals surface area contributed by atoms with E-state index in [2.05, 4.69) is 21.0 Å². The second-order valence-electron chi connectivity index (χ2n) is 13.0. The van der Waals surface area contributed by atoms with Crippen molar-refractivity contribution < 1.29 is 23.8 Å². The zero-order valence-electron chi connectivity index (χ0n) is 24.1. The van der Waals surface area contributed by atoms with Gasteiger partial charge in [-0.25, -0.2) is 9.48 Å². The predicted molar refractivity (Wildman–Crippen MR) is 159 cm³/mol. The predicted octanol–water partition coefficient (Wildman–Crippen LogP) is 6.13. The molecule has 0 spiro atoms. The number of likely N-dealkylation sites (tertiary alicyclic amines) is 2. The SMILES string of the molecule is CC(C)(C)OC(=O)N1CC[C@H]2CCN(C(=O)COCC3CC3c3c(Cl)cc4c(cnn4C4CCCCO4)c3Br)[C@H]2C1. The quantitative estimate of drug-likeness (QED) is 0.374. The van der Waals surface area contributed by atoms with Crippen LogP contribution in [0.1, 0.15) is 77.0 Å². The molecule has 2 aromatic rings. The Morgan fingerprint density at radius 3 is 2.76 bits per heavy atom. The summed E-state index contributed by atoms with van der Waals surface area (Å²) in [6.45, 7) is 8.86. The van der Waals surface area contributed by atoms with Crippen molar-refractivity contribution in [2.24, 2.45) is 11.8 Å². The molecule has 4 heterocycles. The standard InChI is InChI=1S/C30H40BrClN4O5/c1-30(2,3)41-29(38)34-9-7-18-8-10-35(24(18)15-34)25(37)17-39-16-19-12-20(19)27-22(32)13-23-21(28(27)31)14-33-36(23)26-6-4-5-11-40-26/h13-14,18-20,24,26H,4-12,15-17H2,1-3H3/t18-,19?,20?,24-,26?/m0/s1. The van der Waals surface area contributed by atoms with Crippen LogP contribution in [0.5, 0.6) is 0 Å². The van der Waals surface area contributed by atoms with Crippen LogP contribution in [0.2, 0.25) is 5.02 Å². The zero-order valence-corrected chi connectivity index (χ0v) is 26.5. The van der Waals surface area contributed by atoms with Gasteiger partial charge in [-0.05, 0) is 105 Å². The summed E-state index contributed by atoms with van der Waals surface area (Å²) in [7, 11) is 0. The normalized spacial score (nSPS) is 28.2. The van der Waals surface area contributed by atoms with Gasteiger partial charge in [-0.1, -0.05) is 11.6 Å². The molecule has 6 rings (SSSR count). The number of halogens is 2. The zero-order chi connectivity index (χ0) is 28.9. The van der Waals surface area contributed by atoms with Crippen LogP contribution < -0.4 is 0 Å². The number of rotatable bonds is 6. The van der Waals surface area contributed by atoms with Gasteiger partial charge in [0, 0.05) is 41.1 Å². The number of carbonyl (C=O) groups excluding carboxylic acids is 2. The second kappa shape index (κ2) is 11.7. The molecule has 3 aliphatic heterocycles. The Kier molecular flexibility index (Phi) is 8.30. The van der Waals surface area contributed by atoms with Crippen molar-refractivity contribution in [3.63, 3.8) is 0 Å². The molecule has 0 bridgehead atoms. The van der Waals surface area contributed by atoms with Crippen LogP contribution in [0.3, 0.4) is 0 Å². The summed E-state index contributed by atoms with van der Waals surface area (Å²) in [5, 5.41) is 6.39. The van der Waals surface area contributed by atoms with Crippen LogP contribution in [0.25, 0.3) is 10.9 Å². The Hall–Kier alpha value is -1.88. The van der Waals surface area contributed by atoms with Crippen LogP contribution in [0.15, 0.2) is 16.7 Å². The van der Waals surface area contributed by atoms with Crippen LogP contribution in [0, 0.1) is 11.8 Å². The maximum atomic E-state index is 13.2. The summed E-state index contributed by atoms with van der Waals surface area (Å²) in [6.07, 6.45) is 7.56. The fourth-order valence-corrected chi connectivity index (χ4v) is 7.99. The highest BCUT2D eigenvalue weighted by atomic mass is 79.9. The molecule has 11 heteroatoms. The summed E-state index contributed by atoms with van der Waals surface area (Å²) in [6, 6.07) is 2.04. The van der Waals surface area contributed by atoms with E-state index < -0.39 is 5.60 Å². The van der Waals surface area contributed by atoms with Gasteiger partial charge in [0.15, 0.2) is 6.23 Å². The summed E-state index contributed by atoms with van der Waals surface area (Å²) in [5.74, 6) is 1.02. The lowest BCUT2D eigenvalue weighted by molar-refractivity contribution is -0.138. The van der Waals surface area contributed by atoms with Crippen LogP contribution in [-0.2, 0) is 19.0 Å². The number of fused-ring (bicyclic) bond motifs is 2. The summed E-state index contributed by atoms with van der Waals surface area (Å²) in [5.41, 5.74) is 1.54. The first kappa shape index (κ1) is 29.2. The van der Waals surface area contributed by atoms with Gasteiger partial charge in [0.1, 0.15) is 12.2 Å². The monoisotopic (exact) mass is 650 g/mol. The lowest BCUT2D eigenvalue weighted by atomic mass is 9.92. The van der Waals surface area contributed by atoms with Gasteiger partial charge in [0.25, 0.3) is 0 Å². The fraction of sp³-hybridized carbons (Fsp3) is 0.700. The minimum Gasteiger partial charge on any atom is -0.444 e.